The number of aromatic hydroxyl groups is 1. The third kappa shape index (κ3) is 2.00. The minimum atomic E-state index is -4.39. The lowest BCUT2D eigenvalue weighted by atomic mass is 10.1. The van der Waals surface area contributed by atoms with E-state index in [-0.39, 0.29) is 10.6 Å². The van der Waals surface area contributed by atoms with Crippen molar-refractivity contribution in [1.82, 2.24) is 0 Å². The van der Waals surface area contributed by atoms with E-state index in [0.717, 1.165) is 6.07 Å². The molecule has 2 aromatic carbocycles. The normalized spacial score (nSPS) is 11.7. The fourth-order valence-corrected chi connectivity index (χ4v) is 2.77. The van der Waals surface area contributed by atoms with Crippen LogP contribution in [0.2, 0.25) is 0 Å². The summed E-state index contributed by atoms with van der Waals surface area (Å²) in [6.45, 7) is 0. The fraction of sp³-hybridized carbons (Fsp3) is 0.167. The number of rotatable bonds is 2. The van der Waals surface area contributed by atoms with Crippen LogP contribution in [0.3, 0.4) is 0 Å². The van der Waals surface area contributed by atoms with Gasteiger partial charge in [-0.25, -0.2) is 0 Å². The second kappa shape index (κ2) is 4.15. The van der Waals surface area contributed by atoms with Crippen LogP contribution in [-0.4, -0.2) is 32.2 Å². The monoisotopic (exact) mass is 267 g/mol. The standard InChI is InChI=1S/C12H13NO4S/c1-13(2)12-9-6-4-3-5-8(9)10(14)7-11(12)18(15,16)17/h3-7,14H,1-2H3,(H,15,16,17). The molecule has 0 aliphatic rings. The lowest BCUT2D eigenvalue weighted by molar-refractivity contribution is 0.471. The Bertz CT molecular complexity index is 707. The lowest BCUT2D eigenvalue weighted by Crippen LogP contribution is -2.14. The summed E-state index contributed by atoms with van der Waals surface area (Å²) in [5.41, 5.74) is 0.353. The second-order valence-electron chi connectivity index (χ2n) is 4.16. The number of hydrogen-bond donors (Lipinski definition) is 2. The highest BCUT2D eigenvalue weighted by atomic mass is 32.2. The van der Waals surface area contributed by atoms with Crippen molar-refractivity contribution in [3.05, 3.63) is 30.3 Å². The molecule has 0 saturated heterocycles. The Morgan fingerprint density at radius 1 is 1.11 bits per heavy atom. The zero-order valence-corrected chi connectivity index (χ0v) is 10.8. The minimum absolute atomic E-state index is 0.177. The van der Waals surface area contributed by atoms with Crippen molar-refractivity contribution < 1.29 is 18.1 Å². The topological polar surface area (TPSA) is 77.8 Å². The molecule has 2 N–H and O–H groups in total. The predicted molar refractivity (Wildman–Crippen MR) is 69.8 cm³/mol. The fourth-order valence-electron chi connectivity index (χ4n) is 1.97. The van der Waals surface area contributed by atoms with Gasteiger partial charge in [-0.05, 0) is 0 Å². The SMILES string of the molecule is CN(C)c1c(S(=O)(=O)O)cc(O)c2ccccc12. The Balaban J connectivity index is 3.01. The molecule has 0 spiro atoms. The van der Waals surface area contributed by atoms with Crippen LogP contribution < -0.4 is 4.90 Å². The number of benzene rings is 2. The summed E-state index contributed by atoms with van der Waals surface area (Å²) in [5, 5.41) is 10.9. The molecule has 0 unspecified atom stereocenters. The molecule has 96 valence electrons. The molecule has 0 saturated carbocycles. The maximum atomic E-state index is 11.4. The first kappa shape index (κ1) is 12.7. The molecule has 18 heavy (non-hydrogen) atoms. The van der Waals surface area contributed by atoms with Gasteiger partial charge in [0.05, 0.1) is 5.69 Å². The smallest absolute Gasteiger partial charge is 0.296 e. The van der Waals surface area contributed by atoms with Crippen molar-refractivity contribution in [2.75, 3.05) is 19.0 Å². The highest BCUT2D eigenvalue weighted by Gasteiger charge is 2.21. The van der Waals surface area contributed by atoms with Crippen LogP contribution in [0.4, 0.5) is 5.69 Å². The van der Waals surface area contributed by atoms with E-state index in [1.54, 1.807) is 43.3 Å². The highest BCUT2D eigenvalue weighted by molar-refractivity contribution is 7.86. The number of nitrogens with zero attached hydrogens (tertiary/aromatic N) is 1. The third-order valence-electron chi connectivity index (χ3n) is 2.68. The lowest BCUT2D eigenvalue weighted by Gasteiger charge is -2.19. The van der Waals surface area contributed by atoms with Gasteiger partial charge in [-0.2, -0.15) is 8.42 Å². The Labute approximate surface area is 105 Å². The average molecular weight is 267 g/mol. The molecule has 0 aliphatic heterocycles. The molecule has 5 nitrogen and oxygen atoms in total. The van der Waals surface area contributed by atoms with Gasteiger partial charge in [0.15, 0.2) is 0 Å². The van der Waals surface area contributed by atoms with Gasteiger partial charge >= 0.3 is 0 Å². The van der Waals surface area contributed by atoms with E-state index in [4.69, 9.17) is 0 Å². The second-order valence-corrected chi connectivity index (χ2v) is 5.55. The van der Waals surface area contributed by atoms with Crippen molar-refractivity contribution >= 4 is 26.6 Å². The number of hydrogen-bond acceptors (Lipinski definition) is 4. The van der Waals surface area contributed by atoms with Gasteiger partial charge in [0.1, 0.15) is 10.6 Å². The van der Waals surface area contributed by atoms with Gasteiger partial charge < -0.3 is 10.0 Å². The molecular formula is C12H13NO4S. The zero-order valence-electron chi connectivity index (χ0n) is 9.95. The van der Waals surface area contributed by atoms with Crippen LogP contribution >= 0.6 is 0 Å². The van der Waals surface area contributed by atoms with Crippen LogP contribution in [0.25, 0.3) is 10.8 Å². The summed E-state index contributed by atoms with van der Waals surface area (Å²) in [5.74, 6) is -0.177. The predicted octanol–water partition coefficient (Wildman–Crippen LogP) is 1.86. The molecule has 0 heterocycles. The number of phenols is 1. The van der Waals surface area contributed by atoms with Gasteiger partial charge in [0.25, 0.3) is 10.1 Å². The Morgan fingerprint density at radius 3 is 2.17 bits per heavy atom. The molecule has 0 aromatic heterocycles. The van der Waals surface area contributed by atoms with Crippen molar-refractivity contribution in [3.63, 3.8) is 0 Å². The largest absolute Gasteiger partial charge is 0.507 e. The van der Waals surface area contributed by atoms with Crippen LogP contribution in [0, 0.1) is 0 Å². The van der Waals surface area contributed by atoms with E-state index in [2.05, 4.69) is 0 Å². The quantitative estimate of drug-likeness (QED) is 0.812. The van der Waals surface area contributed by atoms with Crippen molar-refractivity contribution in [2.45, 2.75) is 4.90 Å². The van der Waals surface area contributed by atoms with Gasteiger partial charge in [-0.15, -0.1) is 0 Å². The number of anilines is 1. The molecule has 0 aliphatic carbocycles. The maximum absolute atomic E-state index is 11.4. The summed E-state index contributed by atoms with van der Waals surface area (Å²) in [6, 6.07) is 7.93. The molecule has 2 rings (SSSR count). The van der Waals surface area contributed by atoms with Gasteiger partial charge in [-0.3, -0.25) is 4.55 Å². The van der Waals surface area contributed by atoms with Gasteiger partial charge in [0.2, 0.25) is 0 Å². The zero-order chi connectivity index (χ0) is 13.5. The molecule has 6 heteroatoms. The van der Waals surface area contributed by atoms with E-state index >= 15 is 0 Å². The molecule has 0 bridgehead atoms. The maximum Gasteiger partial charge on any atom is 0.296 e. The first-order valence-corrected chi connectivity index (χ1v) is 6.66. The van der Waals surface area contributed by atoms with E-state index in [1.807, 2.05) is 0 Å². The summed E-state index contributed by atoms with van der Waals surface area (Å²) in [7, 11) is -1.05. The van der Waals surface area contributed by atoms with E-state index in [0.29, 0.717) is 16.5 Å². The van der Waals surface area contributed by atoms with E-state index in [9.17, 15) is 18.1 Å². The van der Waals surface area contributed by atoms with Gasteiger partial charge in [0, 0.05) is 30.9 Å². The van der Waals surface area contributed by atoms with Crippen LogP contribution in [0.15, 0.2) is 35.2 Å². The Morgan fingerprint density at radius 2 is 1.67 bits per heavy atom. The Kier molecular flexibility index (Phi) is 2.92. The highest BCUT2D eigenvalue weighted by Crippen LogP contribution is 2.37. The summed E-state index contributed by atoms with van der Waals surface area (Å²) in [4.78, 5) is 1.29. The summed E-state index contributed by atoms with van der Waals surface area (Å²) >= 11 is 0. The van der Waals surface area contributed by atoms with Crippen LogP contribution in [0.5, 0.6) is 5.75 Å². The number of fused-ring (bicyclic) bond motifs is 1. The Hall–Kier alpha value is -1.79. The first-order valence-electron chi connectivity index (χ1n) is 5.22. The van der Waals surface area contributed by atoms with Gasteiger partial charge in [-0.1, -0.05) is 24.3 Å². The van der Waals surface area contributed by atoms with Crippen molar-refractivity contribution in [3.8, 4) is 5.75 Å². The molecular weight excluding hydrogens is 254 g/mol. The number of phenolic OH excluding ortho intramolecular Hbond substituents is 1. The summed E-state index contributed by atoms with van der Waals surface area (Å²) < 4.78 is 32.0. The van der Waals surface area contributed by atoms with E-state index in [1.165, 1.54) is 0 Å². The third-order valence-corrected chi connectivity index (χ3v) is 3.55. The first-order chi connectivity index (χ1) is 8.32. The van der Waals surface area contributed by atoms with Crippen molar-refractivity contribution in [1.29, 1.82) is 0 Å². The molecule has 0 fully saturated rings. The molecule has 0 radical (unpaired) electrons. The minimum Gasteiger partial charge on any atom is -0.507 e. The van der Waals surface area contributed by atoms with Crippen LogP contribution in [-0.2, 0) is 10.1 Å². The average Bonchev–Trinajstić information content (AvgIpc) is 2.27. The van der Waals surface area contributed by atoms with Crippen molar-refractivity contribution in [2.24, 2.45) is 0 Å². The molecule has 0 amide bonds. The molecule has 2 aromatic rings. The summed E-state index contributed by atoms with van der Waals surface area (Å²) in [6.07, 6.45) is 0. The van der Waals surface area contributed by atoms with Crippen LogP contribution in [0.1, 0.15) is 0 Å². The van der Waals surface area contributed by atoms with E-state index < -0.39 is 10.1 Å². The molecule has 0 atom stereocenters.